The Morgan fingerprint density at radius 3 is 1.59 bits per heavy atom. The van der Waals surface area contributed by atoms with Gasteiger partial charge in [0, 0.05) is 18.8 Å². The van der Waals surface area contributed by atoms with Crippen molar-refractivity contribution in [3.05, 3.63) is 0 Å². The van der Waals surface area contributed by atoms with Crippen molar-refractivity contribution < 1.29 is 19.2 Å². The Morgan fingerprint density at radius 2 is 1.23 bits per heavy atom. The van der Waals surface area contributed by atoms with Crippen LogP contribution in [0.5, 0.6) is 0 Å². The highest BCUT2D eigenvalue weighted by atomic mass is 32.1. The predicted molar refractivity (Wildman–Crippen MR) is 87.8 cm³/mol. The van der Waals surface area contributed by atoms with Crippen LogP contribution in [0, 0.1) is 5.92 Å². The number of nitrogens with one attached hydrogen (secondary N) is 2. The van der Waals surface area contributed by atoms with Crippen LogP contribution in [-0.4, -0.2) is 41.7 Å². The van der Waals surface area contributed by atoms with Crippen LogP contribution in [0.3, 0.4) is 0 Å². The highest BCUT2D eigenvalue weighted by Crippen LogP contribution is 2.01. The normalized spacial score (nSPS) is 11.9. The molecule has 1 atom stereocenters. The maximum atomic E-state index is 11.5. The van der Waals surface area contributed by atoms with Gasteiger partial charge in [-0.15, -0.1) is 0 Å². The molecule has 0 bridgehead atoms. The highest BCUT2D eigenvalue weighted by Gasteiger charge is 2.11. The molecule has 0 spiro atoms. The number of amides is 2. The van der Waals surface area contributed by atoms with E-state index in [1.807, 2.05) is 0 Å². The molecule has 0 saturated heterocycles. The number of carbonyl (C=O) groups is 4. The molecule has 126 valence electrons. The number of carbonyl (C=O) groups excluding carboxylic acids is 4. The van der Waals surface area contributed by atoms with Crippen LogP contribution in [0.1, 0.15) is 46.5 Å². The fraction of sp³-hybridized carbons (Fsp3) is 0.733. The van der Waals surface area contributed by atoms with Crippen molar-refractivity contribution in [2.45, 2.75) is 51.7 Å². The molecule has 0 heterocycles. The van der Waals surface area contributed by atoms with Crippen LogP contribution in [0.15, 0.2) is 0 Å². The third-order valence-corrected chi connectivity index (χ3v) is 3.38. The molecule has 0 aromatic heterocycles. The molecule has 0 aliphatic heterocycles. The first-order chi connectivity index (χ1) is 10.2. The summed E-state index contributed by atoms with van der Waals surface area (Å²) in [5.41, 5.74) is 0. The first kappa shape index (κ1) is 20.6. The van der Waals surface area contributed by atoms with Crippen LogP contribution < -0.4 is 10.6 Å². The van der Waals surface area contributed by atoms with Gasteiger partial charge in [0.15, 0.2) is 11.6 Å². The summed E-state index contributed by atoms with van der Waals surface area (Å²) in [6.45, 7) is 5.27. The minimum Gasteiger partial charge on any atom is -0.349 e. The topological polar surface area (TPSA) is 92.3 Å². The third kappa shape index (κ3) is 10.4. The maximum absolute atomic E-state index is 11.5. The molecule has 0 aromatic rings. The van der Waals surface area contributed by atoms with E-state index in [2.05, 4.69) is 23.3 Å². The number of unbranched alkanes of at least 4 members (excludes halogenated alkanes) is 1. The quantitative estimate of drug-likeness (QED) is 0.387. The molecule has 6 nitrogen and oxygen atoms in total. The van der Waals surface area contributed by atoms with E-state index in [1.165, 1.54) is 0 Å². The number of Topliss-reactive ketones (excluding diaryl/α,β-unsaturated/α-hetero) is 2. The van der Waals surface area contributed by atoms with Crippen molar-refractivity contribution in [3.8, 4) is 0 Å². The Morgan fingerprint density at radius 1 is 0.818 bits per heavy atom. The van der Waals surface area contributed by atoms with Crippen molar-refractivity contribution >= 4 is 36.0 Å². The van der Waals surface area contributed by atoms with Crippen molar-refractivity contribution in [2.75, 3.05) is 13.1 Å². The molecule has 2 N–H and O–H groups in total. The third-order valence-electron chi connectivity index (χ3n) is 3.09. The zero-order valence-electron chi connectivity index (χ0n) is 13.5. The molecular formula is C15H26N2O4S. The number of rotatable bonds is 11. The molecule has 0 aliphatic rings. The van der Waals surface area contributed by atoms with Gasteiger partial charge < -0.3 is 10.6 Å². The number of thiol groups is 1. The summed E-state index contributed by atoms with van der Waals surface area (Å²) in [5.74, 6) is -0.625. The Labute approximate surface area is 137 Å². The largest absolute Gasteiger partial charge is 0.349 e. The Bertz CT molecular complexity index is 370. The molecule has 1 unspecified atom stereocenters. The molecule has 0 aromatic carbocycles. The standard InChI is InChI=1S/C15H26N2O4S/c1-10(2)12(18)8-16-14(20)6-4-5-7-15(21)17-9-13(19)11(3)22/h10-11,22H,4-9H2,1-3H3,(H,16,20)(H,17,21). The second-order valence-electron chi connectivity index (χ2n) is 5.52. The van der Waals surface area contributed by atoms with Gasteiger partial charge in [-0.25, -0.2) is 0 Å². The van der Waals surface area contributed by atoms with Crippen molar-refractivity contribution in [3.63, 3.8) is 0 Å². The van der Waals surface area contributed by atoms with E-state index in [4.69, 9.17) is 0 Å². The predicted octanol–water partition coefficient (Wildman–Crippen LogP) is 0.892. The van der Waals surface area contributed by atoms with Gasteiger partial charge in [-0.1, -0.05) is 13.8 Å². The highest BCUT2D eigenvalue weighted by molar-refractivity contribution is 7.81. The van der Waals surface area contributed by atoms with Gasteiger partial charge in [0.1, 0.15) is 0 Å². The van der Waals surface area contributed by atoms with Gasteiger partial charge in [0.25, 0.3) is 0 Å². The molecule has 22 heavy (non-hydrogen) atoms. The Balaban J connectivity index is 3.67. The average Bonchev–Trinajstić information content (AvgIpc) is 2.46. The molecule has 7 heteroatoms. The second-order valence-corrected chi connectivity index (χ2v) is 6.30. The van der Waals surface area contributed by atoms with E-state index in [-0.39, 0.29) is 55.2 Å². The van der Waals surface area contributed by atoms with Gasteiger partial charge in [0.05, 0.1) is 18.3 Å². The lowest BCUT2D eigenvalue weighted by Gasteiger charge is -2.07. The lowest BCUT2D eigenvalue weighted by atomic mass is 10.1. The second kappa shape index (κ2) is 11.2. The Kier molecular flexibility index (Phi) is 10.5. The molecular weight excluding hydrogens is 304 g/mol. The number of hydrogen-bond donors (Lipinski definition) is 3. The number of hydrogen-bond acceptors (Lipinski definition) is 5. The van der Waals surface area contributed by atoms with Gasteiger partial charge in [0.2, 0.25) is 11.8 Å². The van der Waals surface area contributed by atoms with Gasteiger partial charge >= 0.3 is 0 Å². The van der Waals surface area contributed by atoms with E-state index in [0.29, 0.717) is 12.8 Å². The molecule has 0 aliphatic carbocycles. The van der Waals surface area contributed by atoms with Crippen molar-refractivity contribution in [1.29, 1.82) is 0 Å². The lowest BCUT2D eigenvalue weighted by molar-refractivity contribution is -0.126. The molecule has 0 radical (unpaired) electrons. The monoisotopic (exact) mass is 330 g/mol. The molecule has 0 fully saturated rings. The van der Waals surface area contributed by atoms with Crippen molar-refractivity contribution in [2.24, 2.45) is 5.92 Å². The smallest absolute Gasteiger partial charge is 0.220 e. The lowest BCUT2D eigenvalue weighted by Crippen LogP contribution is -2.32. The van der Waals surface area contributed by atoms with E-state index in [9.17, 15) is 19.2 Å². The van der Waals surface area contributed by atoms with E-state index >= 15 is 0 Å². The van der Waals surface area contributed by atoms with Crippen molar-refractivity contribution in [1.82, 2.24) is 10.6 Å². The van der Waals surface area contributed by atoms with Crippen LogP contribution in [-0.2, 0) is 19.2 Å². The fourth-order valence-corrected chi connectivity index (χ4v) is 1.56. The van der Waals surface area contributed by atoms with E-state index in [1.54, 1.807) is 20.8 Å². The van der Waals surface area contributed by atoms with Gasteiger partial charge in [-0.2, -0.15) is 12.6 Å². The SMILES string of the molecule is CC(C)C(=O)CNC(=O)CCCCC(=O)NCC(=O)C(C)S. The summed E-state index contributed by atoms with van der Waals surface area (Å²) in [4.78, 5) is 45.6. The average molecular weight is 330 g/mol. The minimum atomic E-state index is -0.391. The molecule has 0 saturated carbocycles. The maximum Gasteiger partial charge on any atom is 0.220 e. The summed E-state index contributed by atoms with van der Waals surface area (Å²) in [6, 6.07) is 0. The summed E-state index contributed by atoms with van der Waals surface area (Å²) in [7, 11) is 0. The van der Waals surface area contributed by atoms with Gasteiger partial charge in [-0.3, -0.25) is 19.2 Å². The van der Waals surface area contributed by atoms with E-state index < -0.39 is 5.25 Å². The first-order valence-electron chi connectivity index (χ1n) is 7.51. The zero-order valence-corrected chi connectivity index (χ0v) is 14.4. The Hall–Kier alpha value is -1.37. The minimum absolute atomic E-state index is 0.00388. The summed E-state index contributed by atoms with van der Waals surface area (Å²) < 4.78 is 0. The number of ketones is 2. The van der Waals surface area contributed by atoms with Crippen LogP contribution >= 0.6 is 12.6 Å². The summed E-state index contributed by atoms with van der Waals surface area (Å²) in [6.07, 6.45) is 1.67. The fourth-order valence-electron chi connectivity index (χ4n) is 1.47. The first-order valence-corrected chi connectivity index (χ1v) is 8.02. The van der Waals surface area contributed by atoms with E-state index in [0.717, 1.165) is 0 Å². The van der Waals surface area contributed by atoms with Crippen LogP contribution in [0.4, 0.5) is 0 Å². The van der Waals surface area contributed by atoms with Crippen LogP contribution in [0.25, 0.3) is 0 Å². The summed E-state index contributed by atoms with van der Waals surface area (Å²) in [5, 5.41) is 4.69. The molecule has 2 amide bonds. The van der Waals surface area contributed by atoms with Crippen LogP contribution in [0.2, 0.25) is 0 Å². The zero-order chi connectivity index (χ0) is 17.1. The van der Waals surface area contributed by atoms with Gasteiger partial charge in [-0.05, 0) is 19.8 Å². The molecule has 0 rings (SSSR count). The summed E-state index contributed by atoms with van der Waals surface area (Å²) >= 11 is 3.98.